The maximum Gasteiger partial charge on any atom is 0.435 e. The molecule has 3 rings (SSSR count). The Labute approximate surface area is 172 Å². The highest BCUT2D eigenvalue weighted by molar-refractivity contribution is 7.88. The molecule has 1 fully saturated rings. The van der Waals surface area contributed by atoms with Crippen LogP contribution in [0.1, 0.15) is 40.5 Å². The highest BCUT2D eigenvalue weighted by atomic mass is 32.2. The monoisotopic (exact) mass is 444 g/mol. The van der Waals surface area contributed by atoms with E-state index in [-0.39, 0.29) is 25.0 Å². The van der Waals surface area contributed by atoms with E-state index < -0.39 is 21.9 Å². The fourth-order valence-electron chi connectivity index (χ4n) is 3.43. The molecule has 0 spiro atoms. The second-order valence-electron chi connectivity index (χ2n) is 7.34. The van der Waals surface area contributed by atoms with Crippen LogP contribution >= 0.6 is 0 Å². The van der Waals surface area contributed by atoms with Gasteiger partial charge in [0.15, 0.2) is 5.69 Å². The fraction of sp³-hybridized carbons (Fsp3) is 0.474. The summed E-state index contributed by atoms with van der Waals surface area (Å²) in [6.45, 7) is 1.09. The van der Waals surface area contributed by atoms with Crippen LogP contribution < -0.4 is 4.72 Å². The van der Waals surface area contributed by atoms with Crippen molar-refractivity contribution in [2.24, 2.45) is 0 Å². The second kappa shape index (κ2) is 8.76. The number of amides is 1. The Hall–Kier alpha value is -2.40. The summed E-state index contributed by atoms with van der Waals surface area (Å²) in [5.74, 6) is -0.191. The Morgan fingerprint density at radius 1 is 1.23 bits per heavy atom. The Kier molecular flexibility index (Phi) is 6.51. The molecule has 1 saturated heterocycles. The number of likely N-dealkylation sites (tertiary alicyclic amines) is 1. The third-order valence-electron chi connectivity index (χ3n) is 4.94. The second-order valence-corrected chi connectivity index (χ2v) is 9.17. The third kappa shape index (κ3) is 5.82. The molecule has 1 aliphatic heterocycles. The van der Waals surface area contributed by atoms with E-state index >= 15 is 0 Å². The lowest BCUT2D eigenvalue weighted by atomic mass is 10.0. The van der Waals surface area contributed by atoms with Crippen LogP contribution in [0.4, 0.5) is 13.2 Å². The number of halogens is 3. The number of piperidine rings is 1. The largest absolute Gasteiger partial charge is 0.435 e. The number of carbonyl (C=O) groups is 1. The Balaban J connectivity index is 1.61. The molecule has 1 atom stereocenters. The Morgan fingerprint density at radius 3 is 2.53 bits per heavy atom. The average Bonchev–Trinajstić information content (AvgIpc) is 3.18. The maximum atomic E-state index is 12.8. The van der Waals surface area contributed by atoms with Gasteiger partial charge in [-0.3, -0.25) is 9.48 Å². The number of carbonyl (C=O) groups excluding carboxylic acids is 1. The highest BCUT2D eigenvalue weighted by Crippen LogP contribution is 2.29. The molecule has 1 aliphatic rings. The van der Waals surface area contributed by atoms with E-state index in [2.05, 4.69) is 9.82 Å². The van der Waals surface area contributed by atoms with E-state index in [1.54, 1.807) is 29.2 Å². The standard InChI is InChI=1S/C19H23F3N4O3S/c1-30(28,29)23-10-8-14-4-6-15(7-5-14)18(27)25-11-2-3-16(13-25)26-12-9-17(24-26)19(20,21)22/h4-7,9,12,16,23H,2-3,8,10-11,13H2,1H3. The summed E-state index contributed by atoms with van der Waals surface area (Å²) in [6, 6.07) is 7.52. The normalized spacial score (nSPS) is 17.9. The molecule has 1 N–H and O–H groups in total. The van der Waals surface area contributed by atoms with Crippen LogP contribution in [0.25, 0.3) is 0 Å². The van der Waals surface area contributed by atoms with Crippen LogP contribution in [0.3, 0.4) is 0 Å². The first-order valence-corrected chi connectivity index (χ1v) is 11.4. The van der Waals surface area contributed by atoms with Crippen LogP contribution in [-0.2, 0) is 22.6 Å². The van der Waals surface area contributed by atoms with Gasteiger partial charge in [0.2, 0.25) is 10.0 Å². The van der Waals surface area contributed by atoms with Crippen molar-refractivity contribution >= 4 is 15.9 Å². The molecule has 11 heteroatoms. The number of aromatic nitrogens is 2. The fourth-order valence-corrected chi connectivity index (χ4v) is 3.90. The lowest BCUT2D eigenvalue weighted by Crippen LogP contribution is -2.40. The van der Waals surface area contributed by atoms with Crippen molar-refractivity contribution in [2.75, 3.05) is 25.9 Å². The molecule has 30 heavy (non-hydrogen) atoms. The molecule has 0 bridgehead atoms. The SMILES string of the molecule is CS(=O)(=O)NCCc1ccc(C(=O)N2CCCC(n3ccc(C(F)(F)F)n3)C2)cc1. The van der Waals surface area contributed by atoms with Crippen LogP contribution in [0, 0.1) is 0 Å². The van der Waals surface area contributed by atoms with Gasteiger partial charge >= 0.3 is 6.18 Å². The van der Waals surface area contributed by atoms with Gasteiger partial charge in [0.05, 0.1) is 12.3 Å². The van der Waals surface area contributed by atoms with E-state index in [0.717, 1.165) is 17.9 Å². The van der Waals surface area contributed by atoms with Crippen molar-refractivity contribution in [3.8, 4) is 0 Å². The van der Waals surface area contributed by atoms with Crippen molar-refractivity contribution in [1.82, 2.24) is 19.4 Å². The molecule has 2 heterocycles. The molecule has 7 nitrogen and oxygen atoms in total. The number of rotatable bonds is 6. The van der Waals surface area contributed by atoms with Crippen molar-refractivity contribution in [2.45, 2.75) is 31.5 Å². The molecule has 2 aromatic rings. The molecular formula is C19H23F3N4O3S. The van der Waals surface area contributed by atoms with Gasteiger partial charge in [0.1, 0.15) is 0 Å². The summed E-state index contributed by atoms with van der Waals surface area (Å²) >= 11 is 0. The minimum absolute atomic E-state index is 0.191. The molecule has 0 aliphatic carbocycles. The van der Waals surface area contributed by atoms with Crippen LogP contribution in [0.2, 0.25) is 0 Å². The first-order chi connectivity index (χ1) is 14.0. The molecule has 1 aromatic carbocycles. The van der Waals surface area contributed by atoms with E-state index in [0.29, 0.717) is 31.4 Å². The van der Waals surface area contributed by atoms with Gasteiger partial charge < -0.3 is 4.90 Å². The summed E-state index contributed by atoms with van der Waals surface area (Å²) in [6.07, 6.45) is -0.279. The first kappa shape index (κ1) is 22.3. The Morgan fingerprint density at radius 2 is 1.93 bits per heavy atom. The van der Waals surface area contributed by atoms with Gasteiger partial charge in [-0.1, -0.05) is 12.1 Å². The predicted octanol–water partition coefficient (Wildman–Crippen LogP) is 2.47. The average molecular weight is 444 g/mol. The van der Waals surface area contributed by atoms with Crippen molar-refractivity contribution < 1.29 is 26.4 Å². The van der Waals surface area contributed by atoms with Gasteiger partial charge in [-0.15, -0.1) is 0 Å². The quantitative estimate of drug-likeness (QED) is 0.742. The summed E-state index contributed by atoms with van der Waals surface area (Å²) in [7, 11) is -3.25. The molecule has 164 valence electrons. The van der Waals surface area contributed by atoms with Crippen LogP contribution in [0.5, 0.6) is 0 Å². The lowest BCUT2D eigenvalue weighted by Gasteiger charge is -2.33. The first-order valence-electron chi connectivity index (χ1n) is 9.48. The van der Waals surface area contributed by atoms with Crippen molar-refractivity contribution in [1.29, 1.82) is 0 Å². The lowest BCUT2D eigenvalue weighted by molar-refractivity contribution is -0.141. The molecular weight excluding hydrogens is 421 g/mol. The van der Waals surface area contributed by atoms with E-state index in [9.17, 15) is 26.4 Å². The van der Waals surface area contributed by atoms with E-state index in [1.807, 2.05) is 0 Å². The highest BCUT2D eigenvalue weighted by Gasteiger charge is 2.35. The van der Waals surface area contributed by atoms with Gasteiger partial charge in [-0.25, -0.2) is 13.1 Å². The van der Waals surface area contributed by atoms with Crippen LogP contribution in [-0.4, -0.2) is 54.9 Å². The van der Waals surface area contributed by atoms with Gasteiger partial charge in [0, 0.05) is 31.4 Å². The number of sulfonamides is 1. The molecule has 1 unspecified atom stereocenters. The number of nitrogens with one attached hydrogen (secondary N) is 1. The summed E-state index contributed by atoms with van der Waals surface area (Å²) < 4.78 is 64.3. The summed E-state index contributed by atoms with van der Waals surface area (Å²) in [4.78, 5) is 14.5. The van der Waals surface area contributed by atoms with Crippen LogP contribution in [0.15, 0.2) is 36.5 Å². The summed E-state index contributed by atoms with van der Waals surface area (Å²) in [5.41, 5.74) is 0.425. The van der Waals surface area contributed by atoms with Crippen molar-refractivity contribution in [3.05, 3.63) is 53.3 Å². The van der Waals surface area contributed by atoms with Crippen molar-refractivity contribution in [3.63, 3.8) is 0 Å². The van der Waals surface area contributed by atoms with Gasteiger partial charge in [-0.2, -0.15) is 18.3 Å². The number of benzene rings is 1. The van der Waals surface area contributed by atoms with Gasteiger partial charge in [-0.05, 0) is 43.0 Å². The third-order valence-corrected chi connectivity index (χ3v) is 5.66. The zero-order valence-corrected chi connectivity index (χ0v) is 17.2. The predicted molar refractivity (Wildman–Crippen MR) is 104 cm³/mol. The zero-order valence-electron chi connectivity index (χ0n) is 16.4. The molecule has 1 aromatic heterocycles. The Bertz CT molecular complexity index is 987. The van der Waals surface area contributed by atoms with Gasteiger partial charge in [0.25, 0.3) is 5.91 Å². The topological polar surface area (TPSA) is 84.3 Å². The van der Waals surface area contributed by atoms with E-state index in [1.165, 1.54) is 10.9 Å². The number of hydrogen-bond acceptors (Lipinski definition) is 4. The number of nitrogens with zero attached hydrogens (tertiary/aromatic N) is 3. The zero-order chi connectivity index (χ0) is 21.9. The molecule has 0 radical (unpaired) electrons. The molecule has 0 saturated carbocycles. The smallest absolute Gasteiger partial charge is 0.337 e. The molecule has 1 amide bonds. The maximum absolute atomic E-state index is 12.8. The minimum Gasteiger partial charge on any atom is -0.337 e. The number of hydrogen-bond donors (Lipinski definition) is 1. The minimum atomic E-state index is -4.49. The summed E-state index contributed by atoms with van der Waals surface area (Å²) in [5, 5.41) is 3.63. The number of alkyl halides is 3. The van der Waals surface area contributed by atoms with E-state index in [4.69, 9.17) is 0 Å².